The van der Waals surface area contributed by atoms with Gasteiger partial charge in [0.2, 0.25) is 0 Å². The lowest BCUT2D eigenvalue weighted by molar-refractivity contribution is 0.482. The third-order valence-electron chi connectivity index (χ3n) is 8.03. The summed E-state index contributed by atoms with van der Waals surface area (Å²) >= 11 is 0. The molecule has 2 aromatic rings. The molecule has 0 aromatic heterocycles. The summed E-state index contributed by atoms with van der Waals surface area (Å²) in [5.41, 5.74) is 1.97. The minimum absolute atomic E-state index is 0.159. The summed E-state index contributed by atoms with van der Waals surface area (Å²) in [6.07, 6.45) is 27.2. The van der Waals surface area contributed by atoms with Crippen LogP contribution in [0.2, 0.25) is 0 Å². The normalized spacial score (nSPS) is 12.0. The number of unbranched alkanes of at least 4 members (excludes halogenated alkanes) is 18. The van der Waals surface area contributed by atoms with Gasteiger partial charge in [0.25, 0.3) is 10.1 Å². The van der Waals surface area contributed by atoms with E-state index in [9.17, 15) is 13.0 Å². The first-order valence-electron chi connectivity index (χ1n) is 16.0. The Hall–Kier alpha value is -1.39. The van der Waals surface area contributed by atoms with Crippen LogP contribution in [0.15, 0.2) is 35.2 Å². The Morgan fingerprint density at radius 2 is 1.00 bits per heavy atom. The molecule has 2 aromatic carbocycles. The molecular formula is C34H56O3S. The van der Waals surface area contributed by atoms with Crippen LogP contribution in [0.3, 0.4) is 0 Å². The standard InChI is InChI=1S/C34H56O3S/c1-3-5-7-9-11-12-13-14-15-16-17-18-20-22-27-32-30(25-21-19-10-8-6-4-2)29-31-26-23-24-28-33(31)34(32)38(35,36)37/h23-24,26,28-29H,3-22,25,27H2,1-2H3,(H,35,36,37). The highest BCUT2D eigenvalue weighted by atomic mass is 32.2. The Morgan fingerprint density at radius 3 is 1.47 bits per heavy atom. The average Bonchev–Trinajstić information content (AvgIpc) is 2.90. The smallest absolute Gasteiger partial charge is 0.282 e. The zero-order valence-corrected chi connectivity index (χ0v) is 25.4. The second-order valence-corrected chi connectivity index (χ2v) is 12.8. The molecule has 216 valence electrons. The molecule has 0 radical (unpaired) electrons. The van der Waals surface area contributed by atoms with Crippen LogP contribution in [-0.2, 0) is 23.0 Å². The van der Waals surface area contributed by atoms with Crippen molar-refractivity contribution >= 4 is 20.9 Å². The highest BCUT2D eigenvalue weighted by molar-refractivity contribution is 7.86. The van der Waals surface area contributed by atoms with Gasteiger partial charge in [0.15, 0.2) is 0 Å². The van der Waals surface area contributed by atoms with Gasteiger partial charge in [0, 0.05) is 5.39 Å². The molecule has 1 N–H and O–H groups in total. The largest absolute Gasteiger partial charge is 0.295 e. The van der Waals surface area contributed by atoms with Crippen molar-refractivity contribution < 1.29 is 13.0 Å². The lowest BCUT2D eigenvalue weighted by atomic mass is 9.93. The SMILES string of the molecule is CCCCCCCCCCCCCCCCc1c(CCCCCCCC)cc2ccccc2c1S(=O)(=O)O. The van der Waals surface area contributed by atoms with E-state index < -0.39 is 10.1 Å². The van der Waals surface area contributed by atoms with Crippen LogP contribution in [0.4, 0.5) is 0 Å². The van der Waals surface area contributed by atoms with Gasteiger partial charge in [0.05, 0.1) is 0 Å². The first-order chi connectivity index (χ1) is 18.5. The second kappa shape index (κ2) is 19.6. The summed E-state index contributed by atoms with van der Waals surface area (Å²) in [6, 6.07) is 9.78. The molecule has 0 fully saturated rings. The van der Waals surface area contributed by atoms with Crippen molar-refractivity contribution in [1.82, 2.24) is 0 Å². The van der Waals surface area contributed by atoms with E-state index in [-0.39, 0.29) is 4.90 Å². The van der Waals surface area contributed by atoms with Crippen LogP contribution in [0.5, 0.6) is 0 Å². The van der Waals surface area contributed by atoms with Crippen molar-refractivity contribution in [3.8, 4) is 0 Å². The molecule has 0 saturated heterocycles. The van der Waals surface area contributed by atoms with Gasteiger partial charge in [-0.15, -0.1) is 0 Å². The van der Waals surface area contributed by atoms with E-state index in [1.807, 2.05) is 24.3 Å². The topological polar surface area (TPSA) is 54.4 Å². The summed E-state index contributed by atoms with van der Waals surface area (Å²) in [6.45, 7) is 4.50. The van der Waals surface area contributed by atoms with E-state index in [1.54, 1.807) is 0 Å². The number of aryl methyl sites for hydroxylation is 1. The third kappa shape index (κ3) is 12.6. The van der Waals surface area contributed by atoms with Crippen LogP contribution >= 0.6 is 0 Å². The number of benzene rings is 2. The Labute approximate surface area is 235 Å². The Bertz CT molecular complexity index is 996. The predicted octanol–water partition coefficient (Wildman–Crippen LogP) is 11.0. The van der Waals surface area contributed by atoms with Gasteiger partial charge in [-0.3, -0.25) is 4.55 Å². The molecule has 0 saturated carbocycles. The van der Waals surface area contributed by atoms with Gasteiger partial charge in [0.1, 0.15) is 4.90 Å². The zero-order chi connectivity index (χ0) is 27.5. The molecule has 4 heteroatoms. The fourth-order valence-electron chi connectivity index (χ4n) is 5.80. The molecule has 0 amide bonds. The molecule has 0 aliphatic heterocycles. The van der Waals surface area contributed by atoms with Crippen molar-refractivity contribution in [3.05, 3.63) is 41.5 Å². The maximum Gasteiger partial charge on any atom is 0.295 e. The Kier molecular flexibility index (Phi) is 17.0. The number of hydrogen-bond donors (Lipinski definition) is 1. The fourth-order valence-corrected chi connectivity index (χ4v) is 6.81. The maximum absolute atomic E-state index is 12.6. The van der Waals surface area contributed by atoms with Crippen LogP contribution in [-0.4, -0.2) is 13.0 Å². The third-order valence-corrected chi connectivity index (χ3v) is 9.02. The van der Waals surface area contributed by atoms with Crippen LogP contribution in [0.25, 0.3) is 10.8 Å². The molecular weight excluding hydrogens is 488 g/mol. The summed E-state index contributed by atoms with van der Waals surface area (Å²) in [5.74, 6) is 0. The van der Waals surface area contributed by atoms with Crippen LogP contribution in [0, 0.1) is 0 Å². The molecule has 0 spiro atoms. The van der Waals surface area contributed by atoms with Gasteiger partial charge < -0.3 is 0 Å². The van der Waals surface area contributed by atoms with E-state index in [0.717, 1.165) is 48.6 Å². The van der Waals surface area contributed by atoms with Crippen molar-refractivity contribution in [2.75, 3.05) is 0 Å². The van der Waals surface area contributed by atoms with Crippen molar-refractivity contribution in [1.29, 1.82) is 0 Å². The molecule has 0 unspecified atom stereocenters. The maximum atomic E-state index is 12.6. The second-order valence-electron chi connectivity index (χ2n) is 11.4. The molecule has 0 aliphatic rings. The fraction of sp³-hybridized carbons (Fsp3) is 0.706. The predicted molar refractivity (Wildman–Crippen MR) is 165 cm³/mol. The van der Waals surface area contributed by atoms with Crippen LogP contribution in [0.1, 0.15) is 153 Å². The van der Waals surface area contributed by atoms with E-state index in [1.165, 1.54) is 109 Å². The number of hydrogen-bond acceptors (Lipinski definition) is 2. The molecule has 0 bridgehead atoms. The van der Waals surface area contributed by atoms with Crippen LogP contribution < -0.4 is 0 Å². The van der Waals surface area contributed by atoms with Crippen molar-refractivity contribution in [2.45, 2.75) is 160 Å². The highest BCUT2D eigenvalue weighted by Crippen LogP contribution is 2.32. The van der Waals surface area contributed by atoms with E-state index in [4.69, 9.17) is 0 Å². The first-order valence-corrected chi connectivity index (χ1v) is 17.4. The van der Waals surface area contributed by atoms with Gasteiger partial charge >= 0.3 is 0 Å². The highest BCUT2D eigenvalue weighted by Gasteiger charge is 2.22. The Morgan fingerprint density at radius 1 is 0.579 bits per heavy atom. The lowest BCUT2D eigenvalue weighted by Crippen LogP contribution is -2.08. The molecule has 0 aliphatic carbocycles. The Balaban J connectivity index is 1.85. The summed E-state index contributed by atoms with van der Waals surface area (Å²) in [7, 11) is -4.29. The summed E-state index contributed by atoms with van der Waals surface area (Å²) in [4.78, 5) is 0.159. The molecule has 2 rings (SSSR count). The monoisotopic (exact) mass is 544 g/mol. The van der Waals surface area contributed by atoms with Gasteiger partial charge in [-0.05, 0) is 42.2 Å². The van der Waals surface area contributed by atoms with Gasteiger partial charge in [-0.2, -0.15) is 8.42 Å². The van der Waals surface area contributed by atoms with E-state index in [2.05, 4.69) is 19.9 Å². The summed E-state index contributed by atoms with van der Waals surface area (Å²) < 4.78 is 35.4. The quantitative estimate of drug-likeness (QED) is 0.112. The van der Waals surface area contributed by atoms with Gasteiger partial charge in [-0.25, -0.2) is 0 Å². The van der Waals surface area contributed by atoms with E-state index >= 15 is 0 Å². The molecule has 38 heavy (non-hydrogen) atoms. The minimum atomic E-state index is -4.29. The lowest BCUT2D eigenvalue weighted by Gasteiger charge is -2.17. The van der Waals surface area contributed by atoms with E-state index in [0.29, 0.717) is 5.39 Å². The van der Waals surface area contributed by atoms with Gasteiger partial charge in [-0.1, -0.05) is 160 Å². The molecule has 3 nitrogen and oxygen atoms in total. The molecule has 0 atom stereocenters. The van der Waals surface area contributed by atoms with Crippen molar-refractivity contribution in [3.63, 3.8) is 0 Å². The summed E-state index contributed by atoms with van der Waals surface area (Å²) in [5, 5.41) is 1.56. The zero-order valence-electron chi connectivity index (χ0n) is 24.6. The number of fused-ring (bicyclic) bond motifs is 1. The van der Waals surface area contributed by atoms with Crippen molar-refractivity contribution in [2.24, 2.45) is 0 Å². The molecule has 0 heterocycles. The first kappa shape index (κ1) is 32.8. The average molecular weight is 545 g/mol. The minimum Gasteiger partial charge on any atom is -0.282 e. The number of rotatable bonds is 23.